The van der Waals surface area contributed by atoms with E-state index in [2.05, 4.69) is 10.6 Å². The van der Waals surface area contributed by atoms with Gasteiger partial charge in [-0.3, -0.25) is 14.9 Å². The number of piperazine rings is 1. The van der Waals surface area contributed by atoms with Gasteiger partial charge >= 0.3 is 0 Å². The number of hydrogen-bond acceptors (Lipinski definition) is 5. The van der Waals surface area contributed by atoms with Crippen LogP contribution in [0.5, 0.6) is 0 Å². The van der Waals surface area contributed by atoms with E-state index in [-0.39, 0.29) is 24.0 Å². The smallest absolute Gasteiger partial charge is 0.244 e. The molecule has 1 aliphatic rings. The minimum Gasteiger partial charge on any atom is -0.313 e. The summed E-state index contributed by atoms with van der Waals surface area (Å²) in [5.74, 6) is -1.23. The zero-order valence-electron chi connectivity index (χ0n) is 11.8. The lowest BCUT2D eigenvalue weighted by molar-refractivity contribution is -0.134. The summed E-state index contributed by atoms with van der Waals surface area (Å²) in [5, 5.41) is 5.10. The molecule has 8 heteroatoms. The van der Waals surface area contributed by atoms with Crippen LogP contribution < -0.4 is 10.6 Å². The molecule has 1 aromatic carbocycles. The monoisotopic (exact) mass is 311 g/mol. The molecule has 0 saturated carbocycles. The Balaban J connectivity index is 2.35. The van der Waals surface area contributed by atoms with E-state index < -0.39 is 21.8 Å². The lowest BCUT2D eigenvalue weighted by Crippen LogP contribution is -2.53. The van der Waals surface area contributed by atoms with E-state index in [4.69, 9.17) is 0 Å². The summed E-state index contributed by atoms with van der Waals surface area (Å²) in [4.78, 5) is 22.7. The number of carbonyl (C=O) groups excluding carboxylic acids is 2. The minimum absolute atomic E-state index is 0.00793. The highest BCUT2D eigenvalue weighted by Crippen LogP contribution is 2.21. The number of amides is 2. The van der Waals surface area contributed by atoms with Crippen molar-refractivity contribution in [3.8, 4) is 0 Å². The molecule has 1 fully saturated rings. The van der Waals surface area contributed by atoms with Crippen LogP contribution >= 0.6 is 0 Å². The molecule has 0 bridgehead atoms. The van der Waals surface area contributed by atoms with Gasteiger partial charge in [0.05, 0.1) is 18.0 Å². The van der Waals surface area contributed by atoms with E-state index in [1.165, 1.54) is 6.07 Å². The number of sulfonamides is 1. The largest absolute Gasteiger partial charge is 0.313 e. The zero-order chi connectivity index (χ0) is 15.6. The fraction of sp³-hybridized carbons (Fsp3) is 0.385. The standard InChI is InChI=1S/C13H17N3O4S/c1-9(14-2)10-4-3-5-11(6-10)21(19,20)16-7-12(17)15-13(18)8-16/h3-6,9,14H,7-8H2,1-2H3,(H,15,17,18). The predicted octanol–water partition coefficient (Wildman–Crippen LogP) is -0.386. The van der Waals surface area contributed by atoms with Crippen molar-refractivity contribution in [2.24, 2.45) is 0 Å². The third-order valence-electron chi connectivity index (χ3n) is 3.35. The third-order valence-corrected chi connectivity index (χ3v) is 5.14. The van der Waals surface area contributed by atoms with Crippen molar-refractivity contribution in [3.05, 3.63) is 29.8 Å². The van der Waals surface area contributed by atoms with Gasteiger partial charge in [0.25, 0.3) is 0 Å². The number of nitrogens with one attached hydrogen (secondary N) is 2. The van der Waals surface area contributed by atoms with E-state index in [1.807, 2.05) is 13.0 Å². The number of hydrogen-bond donors (Lipinski definition) is 2. The number of nitrogens with zero attached hydrogens (tertiary/aromatic N) is 1. The number of carbonyl (C=O) groups is 2. The summed E-state index contributed by atoms with van der Waals surface area (Å²) < 4.78 is 25.9. The summed E-state index contributed by atoms with van der Waals surface area (Å²) in [6.45, 7) is 1.21. The first kappa shape index (κ1) is 15.6. The highest BCUT2D eigenvalue weighted by molar-refractivity contribution is 7.89. The Morgan fingerprint density at radius 2 is 1.86 bits per heavy atom. The number of benzene rings is 1. The molecule has 1 atom stereocenters. The van der Waals surface area contributed by atoms with Gasteiger partial charge in [-0.1, -0.05) is 12.1 Å². The third kappa shape index (κ3) is 3.29. The average Bonchev–Trinajstić information content (AvgIpc) is 2.45. The Hall–Kier alpha value is -1.77. The molecule has 1 unspecified atom stereocenters. The summed E-state index contributed by atoms with van der Waals surface area (Å²) in [5.41, 5.74) is 0.811. The average molecular weight is 311 g/mol. The van der Waals surface area contributed by atoms with Crippen molar-refractivity contribution in [2.75, 3.05) is 20.1 Å². The summed E-state index contributed by atoms with van der Waals surface area (Å²) in [6, 6.07) is 6.45. The molecule has 0 aromatic heterocycles. The fourth-order valence-corrected chi connectivity index (χ4v) is 3.45. The van der Waals surface area contributed by atoms with Crippen molar-refractivity contribution in [1.82, 2.24) is 14.9 Å². The van der Waals surface area contributed by atoms with E-state index >= 15 is 0 Å². The predicted molar refractivity (Wildman–Crippen MR) is 75.8 cm³/mol. The van der Waals surface area contributed by atoms with Crippen LogP contribution in [0.25, 0.3) is 0 Å². The highest BCUT2D eigenvalue weighted by Gasteiger charge is 2.33. The number of imide groups is 1. The van der Waals surface area contributed by atoms with Crippen LogP contribution in [0.1, 0.15) is 18.5 Å². The quantitative estimate of drug-likeness (QED) is 0.739. The number of rotatable bonds is 4. The second-order valence-electron chi connectivity index (χ2n) is 4.83. The Labute approximate surface area is 123 Å². The van der Waals surface area contributed by atoms with Crippen LogP contribution in [-0.2, 0) is 19.6 Å². The van der Waals surface area contributed by atoms with Gasteiger partial charge in [0, 0.05) is 6.04 Å². The van der Waals surface area contributed by atoms with Gasteiger partial charge < -0.3 is 5.32 Å². The lowest BCUT2D eigenvalue weighted by atomic mass is 10.1. The molecule has 1 aromatic rings. The maximum atomic E-state index is 12.5. The van der Waals surface area contributed by atoms with Gasteiger partial charge in [-0.15, -0.1) is 0 Å². The van der Waals surface area contributed by atoms with Crippen molar-refractivity contribution in [2.45, 2.75) is 17.9 Å². The van der Waals surface area contributed by atoms with E-state index in [9.17, 15) is 18.0 Å². The highest BCUT2D eigenvalue weighted by atomic mass is 32.2. The molecule has 1 aliphatic heterocycles. The summed E-state index contributed by atoms with van der Waals surface area (Å²) >= 11 is 0. The molecular formula is C13H17N3O4S. The molecule has 1 saturated heterocycles. The minimum atomic E-state index is -3.87. The second kappa shape index (κ2) is 5.92. The van der Waals surface area contributed by atoms with Gasteiger partial charge in [0.15, 0.2) is 0 Å². The first-order valence-electron chi connectivity index (χ1n) is 6.44. The Morgan fingerprint density at radius 1 is 1.24 bits per heavy atom. The molecule has 7 nitrogen and oxygen atoms in total. The van der Waals surface area contributed by atoms with Crippen LogP contribution in [0.2, 0.25) is 0 Å². The molecule has 1 heterocycles. The van der Waals surface area contributed by atoms with Gasteiger partial charge in [-0.05, 0) is 31.7 Å². The fourth-order valence-electron chi connectivity index (χ4n) is 2.04. The maximum Gasteiger partial charge on any atom is 0.244 e. The molecule has 0 aliphatic carbocycles. The Kier molecular flexibility index (Phi) is 4.40. The van der Waals surface area contributed by atoms with E-state index in [1.54, 1.807) is 19.2 Å². The van der Waals surface area contributed by atoms with Crippen LogP contribution in [0.3, 0.4) is 0 Å². The molecule has 114 valence electrons. The Morgan fingerprint density at radius 3 is 2.43 bits per heavy atom. The molecular weight excluding hydrogens is 294 g/mol. The summed E-state index contributed by atoms with van der Waals surface area (Å²) in [6.07, 6.45) is 0. The Bertz CT molecular complexity index is 656. The molecule has 21 heavy (non-hydrogen) atoms. The van der Waals surface area contributed by atoms with Crippen LogP contribution in [-0.4, -0.2) is 44.7 Å². The first-order chi connectivity index (χ1) is 9.84. The van der Waals surface area contributed by atoms with Gasteiger partial charge in [0.2, 0.25) is 21.8 Å². The molecule has 2 amide bonds. The molecule has 2 rings (SSSR count). The van der Waals surface area contributed by atoms with Crippen molar-refractivity contribution < 1.29 is 18.0 Å². The zero-order valence-corrected chi connectivity index (χ0v) is 12.6. The molecule has 0 spiro atoms. The molecule has 0 radical (unpaired) electrons. The van der Waals surface area contributed by atoms with Crippen LogP contribution in [0.15, 0.2) is 29.2 Å². The van der Waals surface area contributed by atoms with Crippen LogP contribution in [0.4, 0.5) is 0 Å². The van der Waals surface area contributed by atoms with Crippen LogP contribution in [0, 0.1) is 0 Å². The lowest BCUT2D eigenvalue weighted by Gasteiger charge is -2.25. The molecule has 2 N–H and O–H groups in total. The SMILES string of the molecule is CNC(C)c1cccc(S(=O)(=O)N2CC(=O)NC(=O)C2)c1. The van der Waals surface area contributed by atoms with Crippen molar-refractivity contribution in [1.29, 1.82) is 0 Å². The van der Waals surface area contributed by atoms with Gasteiger partial charge in [-0.25, -0.2) is 8.42 Å². The maximum absolute atomic E-state index is 12.5. The van der Waals surface area contributed by atoms with Gasteiger partial charge in [0.1, 0.15) is 0 Å². The first-order valence-corrected chi connectivity index (χ1v) is 7.88. The van der Waals surface area contributed by atoms with Crippen molar-refractivity contribution >= 4 is 21.8 Å². The summed E-state index contributed by atoms with van der Waals surface area (Å²) in [7, 11) is -2.09. The van der Waals surface area contributed by atoms with Crippen molar-refractivity contribution in [3.63, 3.8) is 0 Å². The topological polar surface area (TPSA) is 95.6 Å². The van der Waals surface area contributed by atoms with E-state index in [0.717, 1.165) is 9.87 Å². The normalized spacial score (nSPS) is 18.4. The second-order valence-corrected chi connectivity index (χ2v) is 6.77. The van der Waals surface area contributed by atoms with Gasteiger partial charge in [-0.2, -0.15) is 4.31 Å². The van der Waals surface area contributed by atoms with E-state index in [0.29, 0.717) is 0 Å².